The van der Waals surface area contributed by atoms with Crippen molar-refractivity contribution < 1.29 is 28.9 Å². The molecule has 1 aliphatic carbocycles. The van der Waals surface area contributed by atoms with Gasteiger partial charge >= 0.3 is 0 Å². The van der Waals surface area contributed by atoms with Crippen molar-refractivity contribution in [2.24, 2.45) is 5.92 Å². The number of methoxy groups -OCH3 is 2. The summed E-state index contributed by atoms with van der Waals surface area (Å²) in [7, 11) is 2.93. The van der Waals surface area contributed by atoms with Crippen LogP contribution in [0.3, 0.4) is 0 Å². The zero-order valence-corrected chi connectivity index (χ0v) is 20.0. The van der Waals surface area contributed by atoms with Crippen LogP contribution < -0.4 is 19.5 Å². The van der Waals surface area contributed by atoms with Gasteiger partial charge < -0.3 is 24.6 Å². The predicted octanol–water partition coefficient (Wildman–Crippen LogP) is 3.81. The van der Waals surface area contributed by atoms with Gasteiger partial charge in [0.15, 0.2) is 11.5 Å². The summed E-state index contributed by atoms with van der Waals surface area (Å²) in [5, 5.41) is 15.1. The molecule has 0 bridgehead atoms. The molecule has 3 aliphatic rings. The molecule has 0 aromatic heterocycles. The molecular weight excluding hydrogens is 458 g/mol. The fourth-order valence-electron chi connectivity index (χ4n) is 5.44. The zero-order chi connectivity index (χ0) is 24.3. The van der Waals surface area contributed by atoms with Gasteiger partial charge in [-0.1, -0.05) is 48.9 Å². The number of aliphatic hydroxyl groups is 1. The van der Waals surface area contributed by atoms with Crippen molar-refractivity contribution in [3.63, 3.8) is 0 Å². The predicted molar refractivity (Wildman–Crippen MR) is 126 cm³/mol. The smallest absolute Gasteiger partial charge is 0.220 e. The highest BCUT2D eigenvalue weighted by molar-refractivity contribution is 6.35. The van der Waals surface area contributed by atoms with Crippen molar-refractivity contribution in [2.75, 3.05) is 20.8 Å². The molecule has 7 nitrogen and oxygen atoms in total. The molecule has 1 spiro atoms. The summed E-state index contributed by atoms with van der Waals surface area (Å²) in [6.45, 7) is 2.17. The quantitative estimate of drug-likeness (QED) is 0.685. The van der Waals surface area contributed by atoms with Crippen LogP contribution >= 0.6 is 11.6 Å². The van der Waals surface area contributed by atoms with Gasteiger partial charge in [-0.05, 0) is 12.0 Å². The maximum Gasteiger partial charge on any atom is 0.220 e. The SMILES string of the molecule is COc1cc(OC)c2c(c1Cl)OC1(C2=O)C2=C(C[C@@](O)(c3ccccc3)CCN2)C(=O)C[C@H]1C. The molecule has 5 rings (SSSR count). The Morgan fingerprint density at radius 1 is 1.15 bits per heavy atom. The van der Waals surface area contributed by atoms with Crippen molar-refractivity contribution in [1.82, 2.24) is 5.32 Å². The lowest BCUT2D eigenvalue weighted by molar-refractivity contribution is -0.119. The van der Waals surface area contributed by atoms with Crippen LogP contribution in [0.15, 0.2) is 47.7 Å². The van der Waals surface area contributed by atoms with Gasteiger partial charge in [-0.25, -0.2) is 0 Å². The third-order valence-corrected chi connectivity index (χ3v) is 7.59. The number of carbonyl (C=O) groups excluding carboxylic acids is 2. The first-order chi connectivity index (χ1) is 16.3. The Balaban J connectivity index is 1.68. The normalized spacial score (nSPS) is 28.1. The Morgan fingerprint density at radius 2 is 1.85 bits per heavy atom. The molecule has 0 fully saturated rings. The minimum atomic E-state index is -1.48. The summed E-state index contributed by atoms with van der Waals surface area (Å²) in [5.41, 5.74) is -0.994. The first kappa shape index (κ1) is 22.7. The van der Waals surface area contributed by atoms with E-state index in [2.05, 4.69) is 5.32 Å². The zero-order valence-electron chi connectivity index (χ0n) is 19.2. The van der Waals surface area contributed by atoms with Crippen LogP contribution in [0.4, 0.5) is 0 Å². The second-order valence-corrected chi connectivity index (χ2v) is 9.48. The summed E-state index contributed by atoms with van der Waals surface area (Å²) in [5.74, 6) is -0.114. The van der Waals surface area contributed by atoms with Crippen LogP contribution in [-0.4, -0.2) is 43.0 Å². The lowest BCUT2D eigenvalue weighted by Gasteiger charge is -2.40. The highest BCUT2D eigenvalue weighted by Crippen LogP contribution is 2.55. The second-order valence-electron chi connectivity index (χ2n) is 9.10. The van der Waals surface area contributed by atoms with E-state index in [9.17, 15) is 14.7 Å². The number of fused-ring (bicyclic) bond motifs is 2. The van der Waals surface area contributed by atoms with Gasteiger partial charge in [-0.3, -0.25) is 9.59 Å². The van der Waals surface area contributed by atoms with Crippen molar-refractivity contribution in [3.05, 3.63) is 63.8 Å². The molecule has 0 saturated carbocycles. The van der Waals surface area contributed by atoms with E-state index in [0.29, 0.717) is 35.7 Å². The van der Waals surface area contributed by atoms with E-state index in [1.807, 2.05) is 37.3 Å². The number of hydrogen-bond donors (Lipinski definition) is 2. The molecule has 34 heavy (non-hydrogen) atoms. The average molecular weight is 484 g/mol. The molecule has 2 aromatic carbocycles. The first-order valence-corrected chi connectivity index (χ1v) is 11.6. The first-order valence-electron chi connectivity index (χ1n) is 11.2. The number of Topliss-reactive ketones (excluding diaryl/α,β-unsaturated/α-hetero) is 2. The molecule has 3 atom stereocenters. The van der Waals surface area contributed by atoms with Gasteiger partial charge in [0.2, 0.25) is 11.4 Å². The van der Waals surface area contributed by atoms with Crippen LogP contribution in [0.1, 0.15) is 42.1 Å². The van der Waals surface area contributed by atoms with E-state index in [0.717, 1.165) is 5.56 Å². The fourth-order valence-corrected chi connectivity index (χ4v) is 5.71. The minimum Gasteiger partial charge on any atom is -0.496 e. The summed E-state index contributed by atoms with van der Waals surface area (Å²) >= 11 is 6.56. The molecule has 178 valence electrons. The summed E-state index contributed by atoms with van der Waals surface area (Å²) in [6.07, 6.45) is 0.538. The van der Waals surface area contributed by atoms with Gasteiger partial charge in [0, 0.05) is 36.9 Å². The number of rotatable bonds is 3. The molecule has 1 unspecified atom stereocenters. The molecule has 2 N–H and O–H groups in total. The number of ether oxygens (including phenoxy) is 3. The third-order valence-electron chi connectivity index (χ3n) is 7.23. The minimum absolute atomic E-state index is 0.0772. The van der Waals surface area contributed by atoms with E-state index in [1.165, 1.54) is 14.2 Å². The van der Waals surface area contributed by atoms with Crippen LogP contribution in [0.25, 0.3) is 0 Å². The van der Waals surface area contributed by atoms with E-state index >= 15 is 0 Å². The second kappa shape index (κ2) is 8.03. The van der Waals surface area contributed by atoms with Gasteiger partial charge in [-0.2, -0.15) is 0 Å². The van der Waals surface area contributed by atoms with Crippen LogP contribution in [0.2, 0.25) is 5.02 Å². The maximum atomic E-state index is 14.1. The Kier molecular flexibility index (Phi) is 5.37. The molecule has 0 saturated heterocycles. The van der Waals surface area contributed by atoms with Gasteiger partial charge in [0.05, 0.1) is 25.5 Å². The van der Waals surface area contributed by atoms with E-state index in [4.69, 9.17) is 25.8 Å². The summed E-state index contributed by atoms with van der Waals surface area (Å²) < 4.78 is 17.3. The van der Waals surface area contributed by atoms with Crippen LogP contribution in [0.5, 0.6) is 17.2 Å². The topological polar surface area (TPSA) is 94.1 Å². The number of ketones is 2. The molecule has 2 heterocycles. The Bertz CT molecular complexity index is 1230. The van der Waals surface area contributed by atoms with E-state index in [1.54, 1.807) is 6.07 Å². The van der Waals surface area contributed by atoms with E-state index in [-0.39, 0.29) is 40.7 Å². The van der Waals surface area contributed by atoms with Crippen molar-refractivity contribution in [2.45, 2.75) is 37.4 Å². The molecule has 0 amide bonds. The standard InChI is InChI=1S/C26H26ClNO6/c1-14-11-17(29)16-13-25(31,15-7-5-4-6-8-15)9-10-28-23(16)26(14)24(30)20-18(32-2)12-19(33-3)21(27)22(20)34-26/h4-8,12,14,28,31H,9-11,13H2,1-3H3/t14-,25-,26?/m1/s1. The Hall–Kier alpha value is -3.03. The average Bonchev–Trinajstić information content (AvgIpc) is 3.02. The highest BCUT2D eigenvalue weighted by atomic mass is 35.5. The van der Waals surface area contributed by atoms with Gasteiger partial charge in [0.1, 0.15) is 22.1 Å². The van der Waals surface area contributed by atoms with E-state index < -0.39 is 17.1 Å². The summed E-state index contributed by atoms with van der Waals surface area (Å²) in [6, 6.07) is 10.8. The fraction of sp³-hybridized carbons (Fsp3) is 0.385. The monoisotopic (exact) mass is 483 g/mol. The number of carbonyl (C=O) groups is 2. The Labute approximate surface area is 202 Å². The van der Waals surface area contributed by atoms with Crippen molar-refractivity contribution >= 4 is 23.2 Å². The van der Waals surface area contributed by atoms with Crippen LogP contribution in [-0.2, 0) is 10.4 Å². The molecule has 0 radical (unpaired) electrons. The van der Waals surface area contributed by atoms with Crippen molar-refractivity contribution in [3.8, 4) is 17.2 Å². The maximum absolute atomic E-state index is 14.1. The summed E-state index contributed by atoms with van der Waals surface area (Å²) in [4.78, 5) is 27.3. The molecular formula is C26H26ClNO6. The van der Waals surface area contributed by atoms with Gasteiger partial charge in [0.25, 0.3) is 0 Å². The lowest BCUT2D eigenvalue weighted by atomic mass is 9.70. The molecule has 2 aliphatic heterocycles. The lowest BCUT2D eigenvalue weighted by Crippen LogP contribution is -2.55. The Morgan fingerprint density at radius 3 is 2.53 bits per heavy atom. The number of benzene rings is 2. The molecule has 8 heteroatoms. The number of hydrogen-bond acceptors (Lipinski definition) is 7. The van der Waals surface area contributed by atoms with Crippen LogP contribution in [0, 0.1) is 5.92 Å². The highest BCUT2D eigenvalue weighted by Gasteiger charge is 2.61. The molecule has 2 aromatic rings. The number of halogens is 1. The van der Waals surface area contributed by atoms with Crippen molar-refractivity contribution in [1.29, 1.82) is 0 Å². The largest absolute Gasteiger partial charge is 0.496 e. The third kappa shape index (κ3) is 3.07. The van der Waals surface area contributed by atoms with Gasteiger partial charge in [-0.15, -0.1) is 0 Å². The number of nitrogens with one attached hydrogen (secondary N) is 1.